The van der Waals surface area contributed by atoms with Gasteiger partial charge in [0, 0.05) is 70.3 Å². The van der Waals surface area contributed by atoms with Gasteiger partial charge in [-0.3, -0.25) is 0 Å². The second-order valence-corrected chi connectivity index (χ2v) is 30.9. The van der Waals surface area contributed by atoms with E-state index in [1.807, 2.05) is 11.3 Å². The molecule has 0 saturated heterocycles. The molecule has 8 aromatic carbocycles. The van der Waals surface area contributed by atoms with Crippen molar-refractivity contribution in [1.82, 2.24) is 0 Å². The summed E-state index contributed by atoms with van der Waals surface area (Å²) >= 11 is 1.91. The van der Waals surface area contributed by atoms with Gasteiger partial charge < -0.3 is 9.80 Å². The molecule has 2 nitrogen and oxygen atoms in total. The molecule has 5 aliphatic rings. The van der Waals surface area contributed by atoms with E-state index in [4.69, 9.17) is 6.58 Å². The number of hydrogen-bond acceptors (Lipinski definition) is 3. The molecule has 3 aliphatic carbocycles. The van der Waals surface area contributed by atoms with Crippen LogP contribution in [0.5, 0.6) is 0 Å². The third-order valence-electron chi connectivity index (χ3n) is 22.0. The van der Waals surface area contributed by atoms with E-state index in [0.717, 1.165) is 19.3 Å². The Kier molecular flexibility index (Phi) is 11.4. The van der Waals surface area contributed by atoms with Gasteiger partial charge in [0.2, 0.25) is 0 Å². The van der Waals surface area contributed by atoms with Gasteiger partial charge in [-0.15, -0.1) is 11.3 Å². The predicted molar refractivity (Wildman–Crippen MR) is 357 cm³/mol. The average molecular weight is 1090 g/mol. The van der Waals surface area contributed by atoms with E-state index in [2.05, 4.69) is 260 Å². The van der Waals surface area contributed by atoms with Gasteiger partial charge >= 0.3 is 0 Å². The van der Waals surface area contributed by atoms with Crippen molar-refractivity contribution < 1.29 is 0 Å². The van der Waals surface area contributed by atoms with Crippen LogP contribution in [0.3, 0.4) is 0 Å². The molecule has 0 amide bonds. The van der Waals surface area contributed by atoms with E-state index < -0.39 is 0 Å². The van der Waals surface area contributed by atoms with Crippen molar-refractivity contribution in [2.75, 3.05) is 9.80 Å². The Morgan fingerprint density at radius 3 is 1.79 bits per heavy atom. The first-order valence-electron chi connectivity index (χ1n) is 30.7. The van der Waals surface area contributed by atoms with Crippen molar-refractivity contribution in [3.63, 3.8) is 0 Å². The molecule has 414 valence electrons. The molecule has 1 fully saturated rings. The summed E-state index contributed by atoms with van der Waals surface area (Å²) < 4.78 is 2.65. The lowest BCUT2D eigenvalue weighted by Gasteiger charge is -2.53. The van der Waals surface area contributed by atoms with Gasteiger partial charge in [-0.05, 0) is 194 Å². The first kappa shape index (κ1) is 53.4. The van der Waals surface area contributed by atoms with Gasteiger partial charge in [-0.2, -0.15) is 0 Å². The molecular weight excluding hydrogens is 1010 g/mol. The van der Waals surface area contributed by atoms with Crippen LogP contribution in [0.4, 0.5) is 34.1 Å². The number of hydrogen-bond donors (Lipinski definition) is 0. The summed E-state index contributed by atoms with van der Waals surface area (Å²) in [6, 6.07) is 55.9. The van der Waals surface area contributed by atoms with E-state index in [1.165, 1.54) is 156 Å². The third kappa shape index (κ3) is 7.31. The number of allylic oxidation sites excluding steroid dienone is 1. The molecule has 82 heavy (non-hydrogen) atoms. The SMILES string of the molecule is C=C(c1ccc2c(c1)N(c1cc3c(cc1C)C(C)(C)c1ccccc1C3(C)C)c1cc(C)cc3c1B2c1cc2c(cc1N3c1cccc3sc4ccccc4c13)C(C)(C)CC2(C)C)C1(C)CCCCC1(C)c1cc(C(C)(C)C)ccc1C. The van der Waals surface area contributed by atoms with Crippen LogP contribution in [0.2, 0.25) is 0 Å². The number of benzene rings is 8. The number of fused-ring (bicyclic) bond motifs is 10. The van der Waals surface area contributed by atoms with Gasteiger partial charge in [0.25, 0.3) is 6.71 Å². The minimum Gasteiger partial charge on any atom is -0.311 e. The Bertz CT molecular complexity index is 4250. The van der Waals surface area contributed by atoms with Crippen LogP contribution in [-0.2, 0) is 32.5 Å². The summed E-state index contributed by atoms with van der Waals surface area (Å²) in [5, 5.41) is 2.65. The fraction of sp³-hybridized carbons (Fsp3) is 0.359. The van der Waals surface area contributed by atoms with Crippen molar-refractivity contribution in [3.8, 4) is 0 Å². The zero-order chi connectivity index (χ0) is 57.7. The molecule has 9 aromatic rings. The summed E-state index contributed by atoms with van der Waals surface area (Å²) in [6.07, 6.45) is 5.75. The van der Waals surface area contributed by atoms with E-state index >= 15 is 0 Å². The Hall–Kier alpha value is -6.62. The van der Waals surface area contributed by atoms with E-state index in [1.54, 1.807) is 0 Å². The van der Waals surface area contributed by atoms with Gasteiger partial charge in [-0.1, -0.05) is 200 Å². The van der Waals surface area contributed by atoms with Gasteiger partial charge in [0.15, 0.2) is 0 Å². The van der Waals surface area contributed by atoms with E-state index in [9.17, 15) is 0 Å². The van der Waals surface area contributed by atoms with E-state index in [-0.39, 0.29) is 44.6 Å². The van der Waals surface area contributed by atoms with Crippen LogP contribution in [0.15, 0.2) is 146 Å². The number of rotatable bonds is 5. The molecule has 2 atom stereocenters. The molecule has 1 aromatic heterocycles. The van der Waals surface area contributed by atoms with Gasteiger partial charge in [0.05, 0.1) is 5.69 Å². The normalized spacial score (nSPS) is 21.4. The van der Waals surface area contributed by atoms with Crippen LogP contribution < -0.4 is 26.2 Å². The summed E-state index contributed by atoms with van der Waals surface area (Å²) in [7, 11) is 0. The molecule has 0 radical (unpaired) electrons. The monoisotopic (exact) mass is 1090 g/mol. The Morgan fingerprint density at radius 2 is 1.10 bits per heavy atom. The highest BCUT2D eigenvalue weighted by molar-refractivity contribution is 7.26. The average Bonchev–Trinajstić information content (AvgIpc) is 1.17. The molecule has 4 heteroatoms. The quantitative estimate of drug-likeness (QED) is 0.159. The fourth-order valence-electron chi connectivity index (χ4n) is 17.5. The fourth-order valence-corrected chi connectivity index (χ4v) is 18.6. The van der Waals surface area contributed by atoms with Crippen molar-refractivity contribution in [2.24, 2.45) is 5.41 Å². The minimum atomic E-state index is -0.228. The standard InChI is InChI=1S/C78H83BN2S/c1-46-37-66-71-67(38-46)81(63-44-59-58(39-48(63)3)75(12,13)53-26-19-20-27-54(53)76(59,14)15)64-40-50(49(4)77(16)35-22-23-36-78(77,17)55-41-51(72(5,6)7)33-31-47(55)2)32-34-60(64)79(71)61-42-56-57(74(10,11)45-73(56,8)9)43-65(61)80(66)62-28-24-30-69-70(62)52-25-18-21-29-68(52)82-69/h18-21,24-34,37-44H,4,22-23,35-36,45H2,1-3,5-17H3. The summed E-state index contributed by atoms with van der Waals surface area (Å²) in [4.78, 5) is 5.45. The smallest absolute Gasteiger partial charge is 0.252 e. The lowest BCUT2D eigenvalue weighted by atomic mass is 9.33. The topological polar surface area (TPSA) is 6.48 Å². The van der Waals surface area contributed by atoms with Gasteiger partial charge in [-0.25, -0.2) is 0 Å². The van der Waals surface area contributed by atoms with Crippen LogP contribution in [-0.4, -0.2) is 6.71 Å². The van der Waals surface area contributed by atoms with Crippen molar-refractivity contribution in [1.29, 1.82) is 0 Å². The minimum absolute atomic E-state index is 0.00999. The maximum atomic E-state index is 5.31. The molecule has 2 aliphatic heterocycles. The van der Waals surface area contributed by atoms with Crippen molar-refractivity contribution in [3.05, 3.63) is 213 Å². The molecule has 0 N–H and O–H groups in total. The Labute approximate surface area is 494 Å². The molecular formula is C78H83BN2S. The highest BCUT2D eigenvalue weighted by Gasteiger charge is 2.52. The number of nitrogens with zero attached hydrogens (tertiary/aromatic N) is 2. The second-order valence-electron chi connectivity index (χ2n) is 29.9. The highest BCUT2D eigenvalue weighted by Crippen LogP contribution is 2.61. The molecule has 0 bridgehead atoms. The van der Waals surface area contributed by atoms with Crippen LogP contribution in [0.1, 0.15) is 189 Å². The van der Waals surface area contributed by atoms with Crippen LogP contribution >= 0.6 is 11.3 Å². The molecule has 0 spiro atoms. The number of aryl methyl sites for hydroxylation is 3. The first-order chi connectivity index (χ1) is 38.7. The first-order valence-corrected chi connectivity index (χ1v) is 31.5. The van der Waals surface area contributed by atoms with Crippen LogP contribution in [0.25, 0.3) is 25.7 Å². The highest BCUT2D eigenvalue weighted by atomic mass is 32.1. The zero-order valence-electron chi connectivity index (χ0n) is 51.9. The van der Waals surface area contributed by atoms with Crippen molar-refractivity contribution in [2.45, 2.75) is 175 Å². The largest absolute Gasteiger partial charge is 0.311 e. The maximum Gasteiger partial charge on any atom is 0.252 e. The van der Waals surface area contributed by atoms with E-state index in [0.29, 0.717) is 0 Å². The Balaban J connectivity index is 1.06. The van der Waals surface area contributed by atoms with Crippen molar-refractivity contribution >= 4 is 94.3 Å². The lowest BCUT2D eigenvalue weighted by molar-refractivity contribution is 0.151. The van der Waals surface area contributed by atoms with Gasteiger partial charge in [0.1, 0.15) is 0 Å². The lowest BCUT2D eigenvalue weighted by Crippen LogP contribution is -2.61. The summed E-state index contributed by atoms with van der Waals surface area (Å²) in [6.45, 7) is 44.3. The molecule has 3 heterocycles. The molecule has 1 saturated carbocycles. The van der Waals surface area contributed by atoms with Crippen LogP contribution in [0, 0.1) is 26.2 Å². The third-order valence-corrected chi connectivity index (χ3v) is 23.2. The Morgan fingerprint density at radius 1 is 0.500 bits per heavy atom. The summed E-state index contributed by atoms with van der Waals surface area (Å²) in [5.74, 6) is 0. The maximum absolute atomic E-state index is 5.31. The predicted octanol–water partition coefficient (Wildman–Crippen LogP) is 19.8. The summed E-state index contributed by atoms with van der Waals surface area (Å²) in [5.41, 5.74) is 29.1. The molecule has 2 unspecified atom stereocenters. The number of thiophene rings is 1. The second kappa shape index (κ2) is 17.5. The molecule has 14 rings (SSSR count). The zero-order valence-corrected chi connectivity index (χ0v) is 52.7. The number of anilines is 6.